The fraction of sp³-hybridized carbons (Fsp3) is 0.0417. The highest BCUT2D eigenvalue weighted by molar-refractivity contribution is 5.81. The summed E-state index contributed by atoms with van der Waals surface area (Å²) in [6.45, 7) is 0. The van der Waals surface area contributed by atoms with Gasteiger partial charge in [-0.05, 0) is 48.0 Å². The lowest BCUT2D eigenvalue weighted by atomic mass is 9.98. The summed E-state index contributed by atoms with van der Waals surface area (Å²) < 4.78 is 43.0. The van der Waals surface area contributed by atoms with E-state index >= 15 is 0 Å². The molecular formula is C24H16F3NO3. The van der Waals surface area contributed by atoms with Crippen molar-refractivity contribution in [2.75, 3.05) is 0 Å². The van der Waals surface area contributed by atoms with Gasteiger partial charge < -0.3 is 14.9 Å². The predicted molar refractivity (Wildman–Crippen MR) is 111 cm³/mol. The minimum atomic E-state index is -4.86. The van der Waals surface area contributed by atoms with Gasteiger partial charge in [-0.3, -0.25) is 0 Å². The Bertz CT molecular complexity index is 1170. The van der Waals surface area contributed by atoms with Crippen molar-refractivity contribution in [3.05, 3.63) is 84.9 Å². The summed E-state index contributed by atoms with van der Waals surface area (Å²) in [5.41, 5.74) is 2.03. The van der Waals surface area contributed by atoms with E-state index in [4.69, 9.17) is 0 Å². The molecule has 4 aromatic rings. The molecule has 1 heterocycles. The van der Waals surface area contributed by atoms with Crippen molar-refractivity contribution < 1.29 is 28.1 Å². The minimum absolute atomic E-state index is 0.0322. The number of hydrogen-bond donors (Lipinski definition) is 2. The Kier molecular flexibility index (Phi) is 5.25. The highest BCUT2D eigenvalue weighted by Gasteiger charge is 2.32. The Hall–Kier alpha value is -4.00. The van der Waals surface area contributed by atoms with Crippen LogP contribution in [0.3, 0.4) is 0 Å². The lowest BCUT2D eigenvalue weighted by Crippen LogP contribution is -2.17. The van der Waals surface area contributed by atoms with Crippen LogP contribution in [-0.4, -0.2) is 21.6 Å². The summed E-state index contributed by atoms with van der Waals surface area (Å²) in [7, 11) is 0. The molecule has 0 bridgehead atoms. The van der Waals surface area contributed by atoms with Crippen molar-refractivity contribution in [2.45, 2.75) is 6.36 Å². The molecule has 156 valence electrons. The van der Waals surface area contributed by atoms with E-state index in [1.54, 1.807) is 54.6 Å². The van der Waals surface area contributed by atoms with E-state index < -0.39 is 6.36 Å². The Balaban J connectivity index is 1.96. The molecule has 1 aromatic heterocycles. The van der Waals surface area contributed by atoms with Gasteiger partial charge in [0.15, 0.2) is 0 Å². The number of halogens is 3. The smallest absolute Gasteiger partial charge is 0.507 e. The van der Waals surface area contributed by atoms with Crippen molar-refractivity contribution in [3.8, 4) is 50.9 Å². The monoisotopic (exact) mass is 423 g/mol. The zero-order valence-corrected chi connectivity index (χ0v) is 16.0. The Labute approximate surface area is 175 Å². The van der Waals surface area contributed by atoms with Crippen LogP contribution in [0.4, 0.5) is 13.2 Å². The number of alkyl halides is 3. The number of hydrogen-bond acceptors (Lipinski definition) is 4. The number of aromatic hydroxyl groups is 2. The predicted octanol–water partition coefficient (Wildman–Crippen LogP) is 6.39. The Morgan fingerprint density at radius 2 is 1.10 bits per heavy atom. The lowest BCUT2D eigenvalue weighted by Gasteiger charge is -2.15. The van der Waals surface area contributed by atoms with Gasteiger partial charge in [0.2, 0.25) is 0 Å². The van der Waals surface area contributed by atoms with Crippen LogP contribution in [0.15, 0.2) is 84.9 Å². The molecule has 0 atom stereocenters. The second kappa shape index (κ2) is 8.02. The second-order valence-electron chi connectivity index (χ2n) is 6.70. The van der Waals surface area contributed by atoms with E-state index in [1.165, 1.54) is 30.3 Å². The molecule has 3 aromatic carbocycles. The van der Waals surface area contributed by atoms with Gasteiger partial charge in [-0.2, -0.15) is 0 Å². The summed E-state index contributed by atoms with van der Waals surface area (Å²) in [4.78, 5) is 4.54. The van der Waals surface area contributed by atoms with Crippen LogP contribution in [0.1, 0.15) is 0 Å². The quantitative estimate of drug-likeness (QED) is 0.399. The van der Waals surface area contributed by atoms with Gasteiger partial charge >= 0.3 is 6.36 Å². The molecule has 2 N–H and O–H groups in total. The number of benzene rings is 3. The van der Waals surface area contributed by atoms with Gasteiger partial charge in [-0.15, -0.1) is 13.2 Å². The average Bonchev–Trinajstić information content (AvgIpc) is 2.73. The SMILES string of the molecule is Oc1ccccc1-c1cc(-c2ccccc2OC(F)(F)F)cc(-c2ccccc2O)n1. The number of phenols is 2. The first-order valence-electron chi connectivity index (χ1n) is 9.26. The standard InChI is InChI=1S/C24H16F3NO3/c25-24(26,27)31-23-12-6-3-7-16(23)15-13-19(17-8-1-4-10-21(17)29)28-20(14-15)18-9-2-5-11-22(18)30/h1-14,29-30H. The van der Waals surface area contributed by atoms with E-state index in [9.17, 15) is 23.4 Å². The maximum absolute atomic E-state index is 12.9. The molecule has 0 aliphatic carbocycles. The largest absolute Gasteiger partial charge is 0.573 e. The topological polar surface area (TPSA) is 62.6 Å². The molecule has 7 heteroatoms. The number of pyridine rings is 1. The molecule has 0 fully saturated rings. The van der Waals surface area contributed by atoms with Gasteiger partial charge in [0, 0.05) is 16.7 Å². The molecule has 0 amide bonds. The van der Waals surface area contributed by atoms with E-state index in [0.29, 0.717) is 28.1 Å². The van der Waals surface area contributed by atoms with Crippen molar-refractivity contribution in [3.63, 3.8) is 0 Å². The molecular weight excluding hydrogens is 407 g/mol. The summed E-state index contributed by atoms with van der Waals surface area (Å²) in [6, 6.07) is 21.9. The van der Waals surface area contributed by atoms with Crippen LogP contribution in [0.5, 0.6) is 17.2 Å². The van der Waals surface area contributed by atoms with Crippen LogP contribution < -0.4 is 4.74 Å². The Morgan fingerprint density at radius 3 is 1.58 bits per heavy atom. The van der Waals surface area contributed by atoms with Gasteiger partial charge in [0.25, 0.3) is 0 Å². The first-order valence-corrected chi connectivity index (χ1v) is 9.26. The van der Waals surface area contributed by atoms with Gasteiger partial charge in [0.05, 0.1) is 11.4 Å². The van der Waals surface area contributed by atoms with Crippen LogP contribution in [-0.2, 0) is 0 Å². The summed E-state index contributed by atoms with van der Waals surface area (Å²) >= 11 is 0. The summed E-state index contributed by atoms with van der Waals surface area (Å²) in [6.07, 6.45) is -4.86. The normalized spacial score (nSPS) is 11.3. The van der Waals surface area contributed by atoms with Crippen molar-refractivity contribution >= 4 is 0 Å². The fourth-order valence-corrected chi connectivity index (χ4v) is 3.26. The molecule has 0 saturated heterocycles. The van der Waals surface area contributed by atoms with E-state index in [-0.39, 0.29) is 22.8 Å². The molecule has 0 unspecified atom stereocenters. The number of nitrogens with zero attached hydrogens (tertiary/aromatic N) is 1. The van der Waals surface area contributed by atoms with Crippen LogP contribution in [0, 0.1) is 0 Å². The molecule has 4 nitrogen and oxygen atoms in total. The zero-order valence-electron chi connectivity index (χ0n) is 16.0. The average molecular weight is 423 g/mol. The first-order chi connectivity index (χ1) is 14.8. The highest BCUT2D eigenvalue weighted by Crippen LogP contribution is 2.39. The number of aromatic nitrogens is 1. The second-order valence-corrected chi connectivity index (χ2v) is 6.70. The Morgan fingerprint density at radius 1 is 0.645 bits per heavy atom. The van der Waals surface area contributed by atoms with Crippen LogP contribution in [0.25, 0.3) is 33.6 Å². The molecule has 0 saturated carbocycles. The number of phenolic OH excluding ortho intramolecular Hbond substituents is 2. The molecule has 31 heavy (non-hydrogen) atoms. The molecule has 0 aliphatic rings. The van der Waals surface area contributed by atoms with Crippen LogP contribution >= 0.6 is 0 Å². The third-order valence-corrected chi connectivity index (χ3v) is 4.61. The molecule has 4 rings (SSSR count). The zero-order chi connectivity index (χ0) is 22.0. The molecule has 0 aliphatic heterocycles. The van der Waals surface area contributed by atoms with Gasteiger partial charge in [-0.25, -0.2) is 4.98 Å². The van der Waals surface area contributed by atoms with Crippen LogP contribution in [0.2, 0.25) is 0 Å². The lowest BCUT2D eigenvalue weighted by molar-refractivity contribution is -0.274. The fourth-order valence-electron chi connectivity index (χ4n) is 3.26. The first kappa shape index (κ1) is 20.3. The third kappa shape index (κ3) is 4.45. The minimum Gasteiger partial charge on any atom is -0.507 e. The van der Waals surface area contributed by atoms with Crippen molar-refractivity contribution in [1.29, 1.82) is 0 Å². The van der Waals surface area contributed by atoms with Gasteiger partial charge in [0.1, 0.15) is 17.2 Å². The number of ether oxygens (including phenoxy) is 1. The van der Waals surface area contributed by atoms with E-state index in [0.717, 1.165) is 0 Å². The number of rotatable bonds is 4. The third-order valence-electron chi connectivity index (χ3n) is 4.61. The van der Waals surface area contributed by atoms with Crippen molar-refractivity contribution in [2.24, 2.45) is 0 Å². The van der Waals surface area contributed by atoms with Gasteiger partial charge in [-0.1, -0.05) is 42.5 Å². The molecule has 0 radical (unpaired) electrons. The highest BCUT2D eigenvalue weighted by atomic mass is 19.4. The molecule has 0 spiro atoms. The van der Waals surface area contributed by atoms with E-state index in [2.05, 4.69) is 9.72 Å². The summed E-state index contributed by atoms with van der Waals surface area (Å²) in [5, 5.41) is 20.6. The maximum Gasteiger partial charge on any atom is 0.573 e. The van der Waals surface area contributed by atoms with E-state index in [1.807, 2.05) is 0 Å². The summed E-state index contributed by atoms with van der Waals surface area (Å²) in [5.74, 6) is -0.432. The van der Waals surface area contributed by atoms with Crippen molar-refractivity contribution in [1.82, 2.24) is 4.98 Å². The number of para-hydroxylation sites is 3. The maximum atomic E-state index is 12.9.